The molecule has 2 unspecified atom stereocenters. The van der Waals surface area contributed by atoms with Crippen LogP contribution in [0.25, 0.3) is 0 Å². The third kappa shape index (κ3) is 4.68. The van der Waals surface area contributed by atoms with Gasteiger partial charge in [0.05, 0.1) is 6.04 Å². The van der Waals surface area contributed by atoms with Gasteiger partial charge in [0.2, 0.25) is 0 Å². The molecule has 1 N–H and O–H groups in total. The van der Waals surface area contributed by atoms with Crippen molar-refractivity contribution < 1.29 is 0 Å². The van der Waals surface area contributed by atoms with Gasteiger partial charge in [-0.05, 0) is 38.8 Å². The van der Waals surface area contributed by atoms with Crippen LogP contribution in [0.15, 0.2) is 0 Å². The molecule has 2 nitrogen and oxygen atoms in total. The lowest BCUT2D eigenvalue weighted by Crippen LogP contribution is -2.40. The highest BCUT2D eigenvalue weighted by atomic mass is 15.1. The second-order valence-electron chi connectivity index (χ2n) is 4.69. The van der Waals surface area contributed by atoms with Crippen molar-refractivity contribution >= 4 is 0 Å². The van der Waals surface area contributed by atoms with Gasteiger partial charge in [-0.25, -0.2) is 0 Å². The van der Waals surface area contributed by atoms with Crippen LogP contribution < -0.4 is 5.32 Å². The summed E-state index contributed by atoms with van der Waals surface area (Å²) in [4.78, 5) is 2.42. The maximum Gasteiger partial charge on any atom is 0.0686 e. The first-order chi connectivity index (χ1) is 7.26. The van der Waals surface area contributed by atoms with Crippen LogP contribution in [0.5, 0.6) is 0 Å². The van der Waals surface area contributed by atoms with Crippen molar-refractivity contribution in [3.63, 3.8) is 0 Å². The normalized spacial score (nSPS) is 24.7. The van der Waals surface area contributed by atoms with Gasteiger partial charge >= 0.3 is 0 Å². The van der Waals surface area contributed by atoms with Gasteiger partial charge in [0.1, 0.15) is 0 Å². The molecule has 0 aromatic carbocycles. The van der Waals surface area contributed by atoms with Crippen molar-refractivity contribution in [1.29, 1.82) is 0 Å². The lowest BCUT2D eigenvalue weighted by Gasteiger charge is -2.30. The predicted molar refractivity (Wildman–Crippen MR) is 65.8 cm³/mol. The smallest absolute Gasteiger partial charge is 0.0686 e. The number of nitrogens with zero attached hydrogens (tertiary/aromatic N) is 1. The first-order valence-electron chi connectivity index (χ1n) is 6.14. The Balaban J connectivity index is 2.20. The number of piperidine rings is 1. The summed E-state index contributed by atoms with van der Waals surface area (Å²) in [7, 11) is 2.21. The molecule has 0 aliphatic carbocycles. The van der Waals surface area contributed by atoms with E-state index in [1.54, 1.807) is 0 Å². The van der Waals surface area contributed by atoms with Gasteiger partial charge in [-0.15, -0.1) is 6.42 Å². The highest BCUT2D eigenvalue weighted by Gasteiger charge is 2.17. The van der Waals surface area contributed by atoms with Gasteiger partial charge in [0.15, 0.2) is 0 Å². The zero-order valence-corrected chi connectivity index (χ0v) is 10.1. The van der Waals surface area contributed by atoms with Crippen LogP contribution in [0.2, 0.25) is 0 Å². The zero-order chi connectivity index (χ0) is 11.1. The fraction of sp³-hybridized carbons (Fsp3) is 0.846. The van der Waals surface area contributed by atoms with E-state index in [0.717, 1.165) is 25.3 Å². The van der Waals surface area contributed by atoms with Gasteiger partial charge in [-0.3, -0.25) is 0 Å². The molecule has 0 amide bonds. The molecular weight excluding hydrogens is 184 g/mol. The molecule has 0 saturated carbocycles. The summed E-state index contributed by atoms with van der Waals surface area (Å²) in [5.41, 5.74) is 0. The lowest BCUT2D eigenvalue weighted by atomic mass is 9.98. The fourth-order valence-electron chi connectivity index (χ4n) is 2.28. The molecular formula is C13H24N2. The van der Waals surface area contributed by atoms with Crippen LogP contribution in [-0.4, -0.2) is 37.6 Å². The average Bonchev–Trinajstić information content (AvgIpc) is 2.24. The molecule has 1 rings (SSSR count). The van der Waals surface area contributed by atoms with Crippen molar-refractivity contribution in [3.8, 4) is 12.3 Å². The van der Waals surface area contributed by atoms with Crippen LogP contribution in [0.3, 0.4) is 0 Å². The summed E-state index contributed by atoms with van der Waals surface area (Å²) < 4.78 is 0. The topological polar surface area (TPSA) is 15.3 Å². The Hall–Kier alpha value is -0.520. The molecule has 1 aliphatic heterocycles. The summed E-state index contributed by atoms with van der Waals surface area (Å²) in [5.74, 6) is 3.62. The molecule has 1 saturated heterocycles. The molecule has 0 aromatic heterocycles. The first-order valence-corrected chi connectivity index (χ1v) is 6.14. The van der Waals surface area contributed by atoms with Crippen LogP contribution in [0.1, 0.15) is 32.6 Å². The Morgan fingerprint density at radius 1 is 1.60 bits per heavy atom. The van der Waals surface area contributed by atoms with Crippen LogP contribution >= 0.6 is 0 Å². The quantitative estimate of drug-likeness (QED) is 0.692. The molecule has 0 spiro atoms. The monoisotopic (exact) mass is 208 g/mol. The largest absolute Gasteiger partial charge is 0.306 e. The number of likely N-dealkylation sites (tertiary alicyclic amines) is 1. The Kier molecular flexibility index (Phi) is 5.75. The Labute approximate surface area is 94.4 Å². The second-order valence-corrected chi connectivity index (χ2v) is 4.69. The molecule has 0 radical (unpaired) electrons. The van der Waals surface area contributed by atoms with E-state index >= 15 is 0 Å². The number of nitrogens with one attached hydrogen (secondary N) is 1. The SMILES string of the molecule is C#CC(CCC)NCC1CCCN(C)C1. The van der Waals surface area contributed by atoms with E-state index in [2.05, 4.69) is 30.1 Å². The molecule has 2 atom stereocenters. The number of terminal acetylenes is 1. The second kappa shape index (κ2) is 6.87. The minimum absolute atomic E-state index is 0.280. The van der Waals surface area contributed by atoms with Gasteiger partial charge in [-0.2, -0.15) is 0 Å². The van der Waals surface area contributed by atoms with E-state index in [-0.39, 0.29) is 6.04 Å². The Morgan fingerprint density at radius 2 is 2.40 bits per heavy atom. The van der Waals surface area contributed by atoms with Crippen LogP contribution in [-0.2, 0) is 0 Å². The number of hydrogen-bond donors (Lipinski definition) is 1. The highest BCUT2D eigenvalue weighted by molar-refractivity contribution is 4.98. The standard InChI is InChI=1S/C13H24N2/c1-4-7-13(5-2)14-10-12-8-6-9-15(3)11-12/h2,12-14H,4,6-11H2,1,3H3. The maximum absolute atomic E-state index is 5.48. The average molecular weight is 208 g/mol. The predicted octanol–water partition coefficient (Wildman–Crippen LogP) is 1.72. The molecule has 0 bridgehead atoms. The molecule has 15 heavy (non-hydrogen) atoms. The van der Waals surface area contributed by atoms with E-state index < -0.39 is 0 Å². The lowest BCUT2D eigenvalue weighted by molar-refractivity contribution is 0.204. The number of hydrogen-bond acceptors (Lipinski definition) is 2. The van der Waals surface area contributed by atoms with E-state index in [0.29, 0.717) is 0 Å². The summed E-state index contributed by atoms with van der Waals surface area (Å²) in [6.07, 6.45) is 10.4. The van der Waals surface area contributed by atoms with E-state index in [1.165, 1.54) is 25.9 Å². The van der Waals surface area contributed by atoms with Crippen molar-refractivity contribution in [1.82, 2.24) is 10.2 Å². The fourth-order valence-corrected chi connectivity index (χ4v) is 2.28. The summed E-state index contributed by atoms with van der Waals surface area (Å²) in [6, 6.07) is 0.280. The minimum Gasteiger partial charge on any atom is -0.306 e. The molecule has 1 heterocycles. The van der Waals surface area contributed by atoms with Crippen molar-refractivity contribution in [2.45, 2.75) is 38.6 Å². The molecule has 1 fully saturated rings. The van der Waals surface area contributed by atoms with E-state index in [1.807, 2.05) is 0 Å². The first kappa shape index (κ1) is 12.5. The van der Waals surface area contributed by atoms with E-state index in [9.17, 15) is 0 Å². The highest BCUT2D eigenvalue weighted by Crippen LogP contribution is 2.14. The third-order valence-electron chi connectivity index (χ3n) is 3.15. The molecule has 1 aliphatic rings. The molecule has 2 heteroatoms. The summed E-state index contributed by atoms with van der Waals surface area (Å²) in [5, 5.41) is 3.50. The third-order valence-corrected chi connectivity index (χ3v) is 3.15. The Morgan fingerprint density at radius 3 is 3.00 bits per heavy atom. The van der Waals surface area contributed by atoms with Gasteiger partial charge in [0.25, 0.3) is 0 Å². The zero-order valence-electron chi connectivity index (χ0n) is 10.1. The van der Waals surface area contributed by atoms with Gasteiger partial charge < -0.3 is 10.2 Å². The number of rotatable bonds is 5. The van der Waals surface area contributed by atoms with E-state index in [4.69, 9.17) is 6.42 Å². The Bertz CT molecular complexity index is 207. The van der Waals surface area contributed by atoms with Crippen molar-refractivity contribution in [2.75, 3.05) is 26.7 Å². The minimum atomic E-state index is 0.280. The maximum atomic E-state index is 5.48. The molecule has 86 valence electrons. The van der Waals surface area contributed by atoms with Crippen molar-refractivity contribution in [3.05, 3.63) is 0 Å². The van der Waals surface area contributed by atoms with Gasteiger partial charge in [0, 0.05) is 13.1 Å². The van der Waals surface area contributed by atoms with Crippen LogP contribution in [0, 0.1) is 18.3 Å². The van der Waals surface area contributed by atoms with Crippen molar-refractivity contribution in [2.24, 2.45) is 5.92 Å². The molecule has 0 aromatic rings. The van der Waals surface area contributed by atoms with Gasteiger partial charge in [-0.1, -0.05) is 19.3 Å². The summed E-state index contributed by atoms with van der Waals surface area (Å²) >= 11 is 0. The summed E-state index contributed by atoms with van der Waals surface area (Å²) in [6.45, 7) is 5.74. The van der Waals surface area contributed by atoms with Crippen LogP contribution in [0.4, 0.5) is 0 Å².